The van der Waals surface area contributed by atoms with Gasteiger partial charge in [0, 0.05) is 4.47 Å². The number of carboxylic acid groups (broad SMARTS) is 1. The van der Waals surface area contributed by atoms with E-state index in [1.807, 2.05) is 24.3 Å². The summed E-state index contributed by atoms with van der Waals surface area (Å²) in [4.78, 5) is 11.3. The second-order valence-corrected chi connectivity index (χ2v) is 5.71. The fourth-order valence-electron chi connectivity index (χ4n) is 2.18. The number of halogens is 1. The molecule has 0 aliphatic heterocycles. The van der Waals surface area contributed by atoms with Crippen molar-refractivity contribution < 1.29 is 9.90 Å². The average Bonchev–Trinajstić information content (AvgIpc) is 2.45. The normalized spacial score (nSPS) is 10.5. The molecule has 104 valence electrons. The zero-order valence-electron chi connectivity index (χ0n) is 11.4. The quantitative estimate of drug-likeness (QED) is 0.821. The number of hydrogen-bond donors (Lipinski definition) is 1. The van der Waals surface area contributed by atoms with E-state index in [0.717, 1.165) is 22.0 Å². The number of unbranched alkanes of at least 4 members (excludes halogenated alkanes) is 1. The minimum atomic E-state index is -0.906. The van der Waals surface area contributed by atoms with E-state index in [1.54, 1.807) is 6.07 Å². The highest BCUT2D eigenvalue weighted by molar-refractivity contribution is 9.10. The van der Waals surface area contributed by atoms with Crippen molar-refractivity contribution in [2.45, 2.75) is 26.2 Å². The Bertz CT molecular complexity index is 603. The summed E-state index contributed by atoms with van der Waals surface area (Å²) >= 11 is 3.31. The summed E-state index contributed by atoms with van der Waals surface area (Å²) in [7, 11) is 0. The van der Waals surface area contributed by atoms with Gasteiger partial charge in [-0.15, -0.1) is 0 Å². The summed E-state index contributed by atoms with van der Waals surface area (Å²) in [5.74, 6) is -0.906. The highest BCUT2D eigenvalue weighted by Crippen LogP contribution is 2.27. The van der Waals surface area contributed by atoms with Gasteiger partial charge >= 0.3 is 5.97 Å². The molecule has 0 aliphatic carbocycles. The lowest BCUT2D eigenvalue weighted by Crippen LogP contribution is -1.99. The van der Waals surface area contributed by atoms with E-state index in [1.165, 1.54) is 18.4 Å². The van der Waals surface area contributed by atoms with Crippen LogP contribution in [0.25, 0.3) is 11.1 Å². The van der Waals surface area contributed by atoms with Crippen molar-refractivity contribution in [1.29, 1.82) is 0 Å². The molecule has 0 aliphatic rings. The van der Waals surface area contributed by atoms with E-state index in [9.17, 15) is 9.90 Å². The van der Waals surface area contributed by atoms with Crippen LogP contribution in [0.15, 0.2) is 46.9 Å². The monoisotopic (exact) mass is 332 g/mol. The topological polar surface area (TPSA) is 37.3 Å². The van der Waals surface area contributed by atoms with Gasteiger partial charge in [0.1, 0.15) is 0 Å². The van der Waals surface area contributed by atoms with E-state index in [4.69, 9.17) is 0 Å². The van der Waals surface area contributed by atoms with Crippen LogP contribution in [0, 0.1) is 0 Å². The van der Waals surface area contributed by atoms with Gasteiger partial charge in [-0.25, -0.2) is 4.79 Å². The molecule has 2 aromatic rings. The molecule has 1 N–H and O–H groups in total. The summed E-state index contributed by atoms with van der Waals surface area (Å²) in [6.45, 7) is 2.18. The molecule has 20 heavy (non-hydrogen) atoms. The van der Waals surface area contributed by atoms with Crippen LogP contribution in [0.4, 0.5) is 0 Å². The lowest BCUT2D eigenvalue weighted by atomic mass is 9.98. The van der Waals surface area contributed by atoms with Gasteiger partial charge in [0.15, 0.2) is 0 Å². The lowest BCUT2D eigenvalue weighted by molar-refractivity contribution is 0.0697. The summed E-state index contributed by atoms with van der Waals surface area (Å²) in [6.07, 6.45) is 3.43. The molecule has 0 unspecified atom stereocenters. The van der Waals surface area contributed by atoms with Crippen molar-refractivity contribution in [1.82, 2.24) is 0 Å². The zero-order chi connectivity index (χ0) is 14.5. The highest BCUT2D eigenvalue weighted by atomic mass is 79.9. The predicted octanol–water partition coefficient (Wildman–Crippen LogP) is 5.16. The Morgan fingerprint density at radius 2 is 1.85 bits per heavy atom. The molecule has 2 rings (SSSR count). The van der Waals surface area contributed by atoms with Crippen molar-refractivity contribution >= 4 is 21.9 Å². The number of rotatable bonds is 5. The Morgan fingerprint density at radius 3 is 2.45 bits per heavy atom. The third-order valence-electron chi connectivity index (χ3n) is 3.30. The van der Waals surface area contributed by atoms with Crippen LogP contribution in [0.1, 0.15) is 35.7 Å². The molecule has 0 heterocycles. The first-order valence-electron chi connectivity index (χ1n) is 6.74. The van der Waals surface area contributed by atoms with Gasteiger partial charge in [-0.05, 0) is 41.7 Å². The van der Waals surface area contributed by atoms with E-state index in [2.05, 4.69) is 35.0 Å². The molecule has 0 aromatic heterocycles. The summed E-state index contributed by atoms with van der Waals surface area (Å²) in [6, 6.07) is 13.5. The molecule has 0 bridgehead atoms. The van der Waals surface area contributed by atoms with Gasteiger partial charge in [0.2, 0.25) is 0 Å². The summed E-state index contributed by atoms with van der Waals surface area (Å²) in [5.41, 5.74) is 3.31. The maximum atomic E-state index is 11.3. The minimum absolute atomic E-state index is 0.320. The first kappa shape index (κ1) is 14.8. The standard InChI is InChI=1S/C17H17BrO2/c1-2-3-4-12-5-7-13(8-6-12)15-10-9-14(18)11-16(15)17(19)20/h5-11H,2-4H2,1H3,(H,19,20). The van der Waals surface area contributed by atoms with Crippen molar-refractivity contribution in [3.63, 3.8) is 0 Å². The molecule has 0 saturated heterocycles. The number of aryl methyl sites for hydroxylation is 1. The summed E-state index contributed by atoms with van der Waals surface area (Å²) < 4.78 is 0.776. The Kier molecular flexibility index (Phi) is 4.96. The van der Waals surface area contributed by atoms with Crippen LogP contribution in [-0.4, -0.2) is 11.1 Å². The molecule has 3 heteroatoms. The average molecular weight is 333 g/mol. The Morgan fingerprint density at radius 1 is 1.15 bits per heavy atom. The first-order valence-corrected chi connectivity index (χ1v) is 7.53. The smallest absolute Gasteiger partial charge is 0.336 e. The number of benzene rings is 2. The molecule has 0 amide bonds. The number of carbonyl (C=O) groups is 1. The third-order valence-corrected chi connectivity index (χ3v) is 3.79. The van der Waals surface area contributed by atoms with E-state index >= 15 is 0 Å². The first-order chi connectivity index (χ1) is 9.61. The van der Waals surface area contributed by atoms with Crippen LogP contribution in [-0.2, 0) is 6.42 Å². The zero-order valence-corrected chi connectivity index (χ0v) is 13.0. The van der Waals surface area contributed by atoms with Crippen molar-refractivity contribution in [3.8, 4) is 11.1 Å². The predicted molar refractivity (Wildman–Crippen MR) is 85.1 cm³/mol. The van der Waals surface area contributed by atoms with E-state index < -0.39 is 5.97 Å². The molecule has 0 saturated carbocycles. The van der Waals surface area contributed by atoms with E-state index in [0.29, 0.717) is 5.56 Å². The molecular weight excluding hydrogens is 316 g/mol. The third kappa shape index (κ3) is 3.48. The SMILES string of the molecule is CCCCc1ccc(-c2ccc(Br)cc2C(=O)O)cc1. The molecule has 0 spiro atoms. The van der Waals surface area contributed by atoms with Gasteiger partial charge in [0.25, 0.3) is 0 Å². The fraction of sp³-hybridized carbons (Fsp3) is 0.235. The molecular formula is C17H17BrO2. The number of carboxylic acids is 1. The van der Waals surface area contributed by atoms with Gasteiger partial charge in [-0.2, -0.15) is 0 Å². The second kappa shape index (κ2) is 6.71. The van der Waals surface area contributed by atoms with Crippen LogP contribution in [0.3, 0.4) is 0 Å². The molecule has 0 atom stereocenters. The maximum Gasteiger partial charge on any atom is 0.336 e. The Balaban J connectivity index is 2.34. The Labute approximate surface area is 127 Å². The van der Waals surface area contributed by atoms with Crippen LogP contribution in [0.5, 0.6) is 0 Å². The minimum Gasteiger partial charge on any atom is -0.478 e. The second-order valence-electron chi connectivity index (χ2n) is 4.80. The van der Waals surface area contributed by atoms with Crippen LogP contribution < -0.4 is 0 Å². The highest BCUT2D eigenvalue weighted by Gasteiger charge is 2.12. The van der Waals surface area contributed by atoms with Gasteiger partial charge in [0.05, 0.1) is 5.56 Å². The number of hydrogen-bond acceptors (Lipinski definition) is 1. The lowest BCUT2D eigenvalue weighted by Gasteiger charge is -2.08. The van der Waals surface area contributed by atoms with Gasteiger partial charge < -0.3 is 5.11 Å². The van der Waals surface area contributed by atoms with Crippen LogP contribution in [0.2, 0.25) is 0 Å². The Hall–Kier alpha value is -1.61. The fourth-order valence-corrected chi connectivity index (χ4v) is 2.54. The molecule has 0 radical (unpaired) electrons. The van der Waals surface area contributed by atoms with Gasteiger partial charge in [-0.3, -0.25) is 0 Å². The van der Waals surface area contributed by atoms with Gasteiger partial charge in [-0.1, -0.05) is 59.6 Å². The van der Waals surface area contributed by atoms with Crippen LogP contribution >= 0.6 is 15.9 Å². The van der Waals surface area contributed by atoms with Crippen molar-refractivity contribution in [3.05, 3.63) is 58.1 Å². The summed E-state index contributed by atoms with van der Waals surface area (Å²) in [5, 5.41) is 9.30. The largest absolute Gasteiger partial charge is 0.478 e. The molecule has 2 aromatic carbocycles. The maximum absolute atomic E-state index is 11.3. The van der Waals surface area contributed by atoms with Crippen molar-refractivity contribution in [2.24, 2.45) is 0 Å². The molecule has 0 fully saturated rings. The molecule has 2 nitrogen and oxygen atoms in total. The number of aromatic carboxylic acids is 1. The van der Waals surface area contributed by atoms with Crippen molar-refractivity contribution in [2.75, 3.05) is 0 Å². The van der Waals surface area contributed by atoms with E-state index in [-0.39, 0.29) is 0 Å².